The summed E-state index contributed by atoms with van der Waals surface area (Å²) < 4.78 is 0. The van der Waals surface area contributed by atoms with Gasteiger partial charge in [0.1, 0.15) is 23.6 Å². The molecule has 14 nitrogen and oxygen atoms in total. The molecule has 1 heterocycles. The van der Waals surface area contributed by atoms with Crippen molar-refractivity contribution in [2.24, 2.45) is 23.7 Å². The molecule has 5 amide bonds. The molecule has 252 valence electrons. The molecule has 2 fully saturated rings. The summed E-state index contributed by atoms with van der Waals surface area (Å²) in [5.74, 6) is -5.12. The van der Waals surface area contributed by atoms with Crippen LogP contribution in [0.2, 0.25) is 0 Å². The van der Waals surface area contributed by atoms with E-state index in [2.05, 4.69) is 36.6 Å². The van der Waals surface area contributed by atoms with Gasteiger partial charge in [-0.25, -0.2) is 4.98 Å². The standard InChI is InChI=1S/C32H47N7O7/c1-6-7-22(28(42)32(46)36-20-9-10-20)37-25(41)14-19-8-11-24(40)21(19)15-35-30(44)26(17(2)3)39-31(45)27(18(4)5)38-29(43)23-16-33-12-13-34-23/h12-13,16-22,26-27H,6-11,14-15H2,1-5H3,(H,35,44)(H,36,46)(H,37,41)(H,38,43)(H,39,45)/t19-,21+,22?,26+,27-/m1/s1. The van der Waals surface area contributed by atoms with Crippen LogP contribution >= 0.6 is 0 Å². The van der Waals surface area contributed by atoms with Crippen molar-refractivity contribution in [2.45, 2.75) is 104 Å². The SMILES string of the molecule is CCCC(NC(=O)C[C@H]1CCC(=O)[C@H]1CNC(=O)[C@@H](NC(=O)[C@H](NC(=O)c1cnccn1)C(C)C)C(C)C)C(=O)C(=O)NC1CC1. The smallest absolute Gasteiger partial charge is 0.289 e. The topological polar surface area (TPSA) is 205 Å². The fourth-order valence-corrected chi connectivity index (χ4v) is 5.46. The maximum absolute atomic E-state index is 13.3. The molecule has 0 aliphatic heterocycles. The Labute approximate surface area is 269 Å². The number of ketones is 2. The third kappa shape index (κ3) is 10.4. The number of Topliss-reactive ketones (excluding diaryl/α,β-unsaturated/α-hetero) is 2. The van der Waals surface area contributed by atoms with E-state index < -0.39 is 59.4 Å². The van der Waals surface area contributed by atoms with Crippen LogP contribution in [0, 0.1) is 23.7 Å². The Morgan fingerprint density at radius 1 is 0.891 bits per heavy atom. The minimum absolute atomic E-state index is 0.0194. The molecule has 0 aromatic carbocycles. The van der Waals surface area contributed by atoms with E-state index in [0.29, 0.717) is 19.3 Å². The van der Waals surface area contributed by atoms with Crippen LogP contribution in [-0.2, 0) is 28.8 Å². The highest BCUT2D eigenvalue weighted by atomic mass is 16.2. The van der Waals surface area contributed by atoms with Crippen molar-refractivity contribution in [3.05, 3.63) is 24.3 Å². The maximum atomic E-state index is 13.3. The molecule has 5 N–H and O–H groups in total. The fraction of sp³-hybridized carbons (Fsp3) is 0.656. The second-order valence-corrected chi connectivity index (χ2v) is 12.9. The van der Waals surface area contributed by atoms with Crippen molar-refractivity contribution in [3.63, 3.8) is 0 Å². The summed E-state index contributed by atoms with van der Waals surface area (Å²) in [5.41, 5.74) is 0.0510. The van der Waals surface area contributed by atoms with Gasteiger partial charge in [0.25, 0.3) is 11.8 Å². The van der Waals surface area contributed by atoms with E-state index in [1.54, 1.807) is 27.7 Å². The molecule has 1 aromatic heterocycles. The van der Waals surface area contributed by atoms with Crippen LogP contribution in [0.25, 0.3) is 0 Å². The Kier molecular flexibility index (Phi) is 13.3. The maximum Gasteiger partial charge on any atom is 0.289 e. The number of aromatic nitrogens is 2. The second-order valence-electron chi connectivity index (χ2n) is 12.9. The van der Waals surface area contributed by atoms with Gasteiger partial charge in [-0.05, 0) is 43.4 Å². The van der Waals surface area contributed by atoms with Crippen LogP contribution in [0.5, 0.6) is 0 Å². The van der Waals surface area contributed by atoms with Crippen molar-refractivity contribution in [2.75, 3.05) is 6.54 Å². The van der Waals surface area contributed by atoms with E-state index in [1.165, 1.54) is 18.6 Å². The molecule has 0 bridgehead atoms. The number of hydrogen-bond donors (Lipinski definition) is 5. The lowest BCUT2D eigenvalue weighted by Gasteiger charge is -2.27. The third-order valence-electron chi connectivity index (χ3n) is 8.33. The highest BCUT2D eigenvalue weighted by Gasteiger charge is 2.38. The predicted molar refractivity (Wildman–Crippen MR) is 167 cm³/mol. The summed E-state index contributed by atoms with van der Waals surface area (Å²) in [7, 11) is 0. The highest BCUT2D eigenvalue weighted by Crippen LogP contribution is 2.31. The van der Waals surface area contributed by atoms with Crippen LogP contribution in [0.3, 0.4) is 0 Å². The molecule has 3 rings (SSSR count). The Bertz CT molecular complexity index is 1280. The molecule has 1 unspecified atom stereocenters. The number of nitrogens with one attached hydrogen (secondary N) is 5. The summed E-state index contributed by atoms with van der Waals surface area (Å²) >= 11 is 0. The van der Waals surface area contributed by atoms with Gasteiger partial charge in [-0.2, -0.15) is 0 Å². The average Bonchev–Trinajstić information content (AvgIpc) is 3.77. The highest BCUT2D eigenvalue weighted by molar-refractivity contribution is 6.38. The fourth-order valence-electron chi connectivity index (χ4n) is 5.46. The van der Waals surface area contributed by atoms with Crippen LogP contribution < -0.4 is 26.6 Å². The quantitative estimate of drug-likeness (QED) is 0.151. The minimum atomic E-state index is -0.956. The number of amides is 5. The Hall–Kier alpha value is -4.23. The first-order valence-corrected chi connectivity index (χ1v) is 16.1. The van der Waals surface area contributed by atoms with Gasteiger partial charge in [0, 0.05) is 43.7 Å². The summed E-state index contributed by atoms with van der Waals surface area (Å²) in [6.45, 7) is 8.88. The zero-order valence-electron chi connectivity index (χ0n) is 27.3. The lowest BCUT2D eigenvalue weighted by atomic mass is 9.91. The van der Waals surface area contributed by atoms with Gasteiger partial charge in [-0.3, -0.25) is 38.5 Å². The molecular weight excluding hydrogens is 594 g/mol. The number of nitrogens with zero attached hydrogens (tertiary/aromatic N) is 2. The molecule has 46 heavy (non-hydrogen) atoms. The molecule has 14 heteroatoms. The number of carbonyl (C=O) groups is 7. The molecule has 2 saturated carbocycles. The van der Waals surface area contributed by atoms with E-state index in [0.717, 1.165) is 12.8 Å². The largest absolute Gasteiger partial charge is 0.354 e. The normalized spacial score (nSPS) is 19.6. The molecule has 2 aliphatic rings. The van der Waals surface area contributed by atoms with Crippen molar-refractivity contribution in [1.29, 1.82) is 0 Å². The zero-order valence-corrected chi connectivity index (χ0v) is 27.3. The molecule has 5 atom stereocenters. The first-order valence-electron chi connectivity index (χ1n) is 16.1. The summed E-state index contributed by atoms with van der Waals surface area (Å²) in [5, 5.41) is 13.5. The average molecular weight is 642 g/mol. The Balaban J connectivity index is 1.57. The van der Waals surface area contributed by atoms with E-state index in [9.17, 15) is 33.6 Å². The van der Waals surface area contributed by atoms with E-state index in [1.807, 2.05) is 6.92 Å². The Morgan fingerprint density at radius 2 is 1.57 bits per heavy atom. The molecule has 2 aliphatic carbocycles. The summed E-state index contributed by atoms with van der Waals surface area (Å²) in [6, 6.07) is -2.83. The van der Waals surface area contributed by atoms with Gasteiger partial charge in [0.2, 0.25) is 23.5 Å². The molecule has 0 spiro atoms. The first-order chi connectivity index (χ1) is 21.8. The molecule has 0 radical (unpaired) electrons. The van der Waals surface area contributed by atoms with Crippen molar-refractivity contribution < 1.29 is 33.6 Å². The van der Waals surface area contributed by atoms with Gasteiger partial charge in [0.05, 0.1) is 12.2 Å². The third-order valence-corrected chi connectivity index (χ3v) is 8.33. The van der Waals surface area contributed by atoms with Gasteiger partial charge in [0.15, 0.2) is 0 Å². The number of hydrogen-bond acceptors (Lipinski definition) is 9. The van der Waals surface area contributed by atoms with Crippen LogP contribution in [0.1, 0.15) is 90.1 Å². The monoisotopic (exact) mass is 641 g/mol. The molecule has 0 saturated heterocycles. The summed E-state index contributed by atoms with van der Waals surface area (Å²) in [6.07, 6.45) is 7.33. The van der Waals surface area contributed by atoms with E-state index >= 15 is 0 Å². The van der Waals surface area contributed by atoms with Crippen molar-refractivity contribution in [1.82, 2.24) is 36.6 Å². The van der Waals surface area contributed by atoms with Crippen molar-refractivity contribution >= 4 is 41.1 Å². The zero-order chi connectivity index (χ0) is 34.0. The van der Waals surface area contributed by atoms with Crippen LogP contribution in [0.4, 0.5) is 0 Å². The second kappa shape index (κ2) is 16.9. The van der Waals surface area contributed by atoms with Gasteiger partial charge in [-0.15, -0.1) is 0 Å². The van der Waals surface area contributed by atoms with E-state index in [-0.39, 0.29) is 54.7 Å². The first kappa shape index (κ1) is 36.2. The molecule has 1 aromatic rings. The lowest BCUT2D eigenvalue weighted by Crippen LogP contribution is -2.57. The van der Waals surface area contributed by atoms with Gasteiger partial charge in [-0.1, -0.05) is 41.0 Å². The Morgan fingerprint density at radius 3 is 2.15 bits per heavy atom. The van der Waals surface area contributed by atoms with Crippen LogP contribution in [0.15, 0.2) is 18.6 Å². The number of rotatable bonds is 17. The number of carbonyl (C=O) groups excluding carboxylic acids is 7. The van der Waals surface area contributed by atoms with Crippen LogP contribution in [-0.4, -0.2) is 81.8 Å². The molecular formula is C32H47N7O7. The lowest BCUT2D eigenvalue weighted by molar-refractivity contribution is -0.140. The van der Waals surface area contributed by atoms with E-state index in [4.69, 9.17) is 0 Å². The minimum Gasteiger partial charge on any atom is -0.354 e. The van der Waals surface area contributed by atoms with Gasteiger partial charge < -0.3 is 26.6 Å². The predicted octanol–water partition coefficient (Wildman–Crippen LogP) is 0.606. The summed E-state index contributed by atoms with van der Waals surface area (Å²) in [4.78, 5) is 97.7. The van der Waals surface area contributed by atoms with Crippen molar-refractivity contribution in [3.8, 4) is 0 Å². The van der Waals surface area contributed by atoms with Gasteiger partial charge >= 0.3 is 0 Å².